The summed E-state index contributed by atoms with van der Waals surface area (Å²) in [6, 6.07) is 5.89. The van der Waals surface area contributed by atoms with Gasteiger partial charge in [0.05, 0.1) is 10.2 Å². The Morgan fingerprint density at radius 3 is 2.79 bits per heavy atom. The maximum atomic E-state index is 12.3. The lowest BCUT2D eigenvalue weighted by Gasteiger charge is -2.31. The number of likely N-dealkylation sites (N-methyl/N-ethyl adjacent to an activating group) is 1. The molecule has 1 aromatic heterocycles. The van der Waals surface area contributed by atoms with Gasteiger partial charge in [-0.1, -0.05) is 11.3 Å². The van der Waals surface area contributed by atoms with Crippen LogP contribution >= 0.6 is 11.3 Å². The Kier molecular flexibility index (Phi) is 5.29. The van der Waals surface area contributed by atoms with Crippen molar-refractivity contribution in [3.05, 3.63) is 18.2 Å². The van der Waals surface area contributed by atoms with Gasteiger partial charge in [-0.05, 0) is 25.2 Å². The van der Waals surface area contributed by atoms with Gasteiger partial charge in [0, 0.05) is 57.5 Å². The molecule has 1 amide bonds. The van der Waals surface area contributed by atoms with Crippen molar-refractivity contribution in [3.63, 3.8) is 0 Å². The number of amides is 1. The number of terminal acetylenes is 1. The third kappa shape index (κ3) is 4.32. The van der Waals surface area contributed by atoms with Crippen molar-refractivity contribution in [1.29, 1.82) is 0 Å². The van der Waals surface area contributed by atoms with Crippen molar-refractivity contribution in [2.45, 2.75) is 31.3 Å². The third-order valence-corrected chi connectivity index (χ3v) is 6.32. The number of hydrogen-bond donors (Lipinski definition) is 1. The Labute approximate surface area is 168 Å². The highest BCUT2D eigenvalue weighted by molar-refractivity contribution is 7.22. The lowest BCUT2D eigenvalue weighted by atomic mass is 10.0. The van der Waals surface area contributed by atoms with E-state index in [9.17, 15) is 4.79 Å². The molecule has 1 saturated heterocycles. The Hall–Kier alpha value is -2.50. The van der Waals surface area contributed by atoms with E-state index in [1.807, 2.05) is 18.2 Å². The second-order valence-corrected chi connectivity index (χ2v) is 8.41. The van der Waals surface area contributed by atoms with E-state index in [-0.39, 0.29) is 5.91 Å². The first kappa shape index (κ1) is 18.8. The van der Waals surface area contributed by atoms with Gasteiger partial charge in [0.25, 0.3) is 0 Å². The summed E-state index contributed by atoms with van der Waals surface area (Å²) >= 11 is 1.68. The van der Waals surface area contributed by atoms with Crippen LogP contribution in [-0.4, -0.2) is 54.7 Å². The predicted molar refractivity (Wildman–Crippen MR) is 113 cm³/mol. The molecule has 1 fully saturated rings. The molecule has 3 heterocycles. The van der Waals surface area contributed by atoms with Gasteiger partial charge in [0.15, 0.2) is 10.8 Å². The molecule has 7 nitrogen and oxygen atoms in total. The quantitative estimate of drug-likeness (QED) is 0.729. The molecule has 0 aliphatic carbocycles. The van der Waals surface area contributed by atoms with Crippen LogP contribution in [-0.2, 0) is 4.79 Å². The predicted octanol–water partition coefficient (Wildman–Crippen LogP) is 3.34. The van der Waals surface area contributed by atoms with Crippen molar-refractivity contribution in [2.24, 2.45) is 10.2 Å². The van der Waals surface area contributed by atoms with E-state index in [0.717, 1.165) is 53.6 Å². The largest absolute Gasteiger partial charge is 0.345 e. The van der Waals surface area contributed by atoms with E-state index in [1.54, 1.807) is 11.3 Å². The fraction of sp³-hybridized carbons (Fsp3) is 0.500. The van der Waals surface area contributed by atoms with E-state index in [0.29, 0.717) is 19.3 Å². The average molecular weight is 397 g/mol. The van der Waals surface area contributed by atoms with Crippen LogP contribution in [0.3, 0.4) is 0 Å². The van der Waals surface area contributed by atoms with E-state index < -0.39 is 5.66 Å². The molecule has 2 aliphatic rings. The number of aromatic nitrogens is 1. The molecule has 8 heteroatoms. The average Bonchev–Trinajstić information content (AvgIpc) is 3.35. The van der Waals surface area contributed by atoms with Gasteiger partial charge in [-0.15, -0.1) is 12.3 Å². The van der Waals surface area contributed by atoms with Crippen molar-refractivity contribution >= 4 is 38.3 Å². The molecule has 2 aromatic rings. The van der Waals surface area contributed by atoms with Crippen molar-refractivity contribution in [2.75, 3.05) is 43.4 Å². The first-order valence-corrected chi connectivity index (χ1v) is 10.4. The highest BCUT2D eigenvalue weighted by atomic mass is 32.1. The number of nitrogens with zero attached hydrogens (tertiary/aromatic N) is 5. The van der Waals surface area contributed by atoms with Crippen LogP contribution in [0.5, 0.6) is 0 Å². The van der Waals surface area contributed by atoms with Crippen LogP contribution in [0.2, 0.25) is 0 Å². The summed E-state index contributed by atoms with van der Waals surface area (Å²) in [6.07, 6.45) is 7.64. The standard InChI is InChI=1S/C20H24N6OS/c1-3-4-8-20(23-24-20)9-7-18(27)21-15-5-6-16-17(14-15)28-19(22-16)26-12-10-25(2)11-13-26/h1,5-6,14H,4,7-13H2,2H3,(H,21,27). The number of thiazole rings is 1. The van der Waals surface area contributed by atoms with Crippen LogP contribution in [0.4, 0.5) is 10.8 Å². The molecular formula is C20H24N6OS. The minimum Gasteiger partial charge on any atom is -0.345 e. The Morgan fingerprint density at radius 1 is 1.29 bits per heavy atom. The number of carbonyl (C=O) groups excluding carboxylic acids is 1. The van der Waals surface area contributed by atoms with E-state index in [1.165, 1.54) is 0 Å². The third-order valence-electron chi connectivity index (χ3n) is 5.24. The zero-order chi connectivity index (χ0) is 19.6. The lowest BCUT2D eigenvalue weighted by Crippen LogP contribution is -2.44. The van der Waals surface area contributed by atoms with Crippen LogP contribution in [0.25, 0.3) is 10.2 Å². The number of benzene rings is 1. The van der Waals surface area contributed by atoms with Gasteiger partial charge in [-0.25, -0.2) is 4.98 Å². The summed E-state index contributed by atoms with van der Waals surface area (Å²) in [6.45, 7) is 4.10. The van der Waals surface area contributed by atoms with Gasteiger partial charge >= 0.3 is 0 Å². The fourth-order valence-corrected chi connectivity index (χ4v) is 4.38. The second kappa shape index (κ2) is 7.86. The molecule has 0 radical (unpaired) electrons. The highest BCUT2D eigenvalue weighted by Crippen LogP contribution is 2.37. The number of anilines is 2. The van der Waals surface area contributed by atoms with Crippen molar-refractivity contribution < 1.29 is 4.79 Å². The van der Waals surface area contributed by atoms with Gasteiger partial charge in [-0.3, -0.25) is 4.79 Å². The molecule has 0 atom stereocenters. The SMILES string of the molecule is C#CCCC1(CCC(=O)Nc2ccc3nc(N4CCN(C)CC4)sc3c2)N=N1. The van der Waals surface area contributed by atoms with Crippen LogP contribution < -0.4 is 10.2 Å². The van der Waals surface area contributed by atoms with Crippen molar-refractivity contribution in [3.8, 4) is 12.3 Å². The fourth-order valence-electron chi connectivity index (χ4n) is 3.33. The minimum absolute atomic E-state index is 0.0273. The molecule has 1 N–H and O–H groups in total. The number of fused-ring (bicyclic) bond motifs is 1. The molecule has 4 rings (SSSR count). The van der Waals surface area contributed by atoms with E-state index >= 15 is 0 Å². The molecule has 0 spiro atoms. The number of rotatable bonds is 7. The van der Waals surface area contributed by atoms with Gasteiger partial charge in [0.2, 0.25) is 5.91 Å². The van der Waals surface area contributed by atoms with Crippen molar-refractivity contribution in [1.82, 2.24) is 9.88 Å². The summed E-state index contributed by atoms with van der Waals surface area (Å²) in [5.74, 6) is 2.58. The number of hydrogen-bond acceptors (Lipinski definition) is 7. The number of nitrogens with one attached hydrogen (secondary N) is 1. The maximum Gasteiger partial charge on any atom is 0.224 e. The molecule has 0 bridgehead atoms. The van der Waals surface area contributed by atoms with Crippen LogP contribution in [0.1, 0.15) is 25.7 Å². The summed E-state index contributed by atoms with van der Waals surface area (Å²) in [7, 11) is 2.15. The molecule has 0 unspecified atom stereocenters. The molecule has 0 saturated carbocycles. The molecular weight excluding hydrogens is 372 g/mol. The Balaban J connectivity index is 1.35. The van der Waals surface area contributed by atoms with Gasteiger partial charge < -0.3 is 15.1 Å². The molecule has 146 valence electrons. The van der Waals surface area contributed by atoms with Gasteiger partial charge in [0.1, 0.15) is 0 Å². The Morgan fingerprint density at radius 2 is 2.07 bits per heavy atom. The maximum absolute atomic E-state index is 12.3. The summed E-state index contributed by atoms with van der Waals surface area (Å²) in [5, 5.41) is 12.2. The molecule has 28 heavy (non-hydrogen) atoms. The normalized spacial score (nSPS) is 18.2. The molecule has 1 aromatic carbocycles. The van der Waals surface area contributed by atoms with Crippen LogP contribution in [0, 0.1) is 12.3 Å². The number of carbonyl (C=O) groups is 1. The smallest absolute Gasteiger partial charge is 0.224 e. The first-order chi connectivity index (χ1) is 13.6. The summed E-state index contributed by atoms with van der Waals surface area (Å²) in [4.78, 5) is 21.7. The monoisotopic (exact) mass is 396 g/mol. The molecule has 2 aliphatic heterocycles. The first-order valence-electron chi connectivity index (χ1n) is 9.58. The van der Waals surface area contributed by atoms with Crippen LogP contribution in [0.15, 0.2) is 28.4 Å². The van der Waals surface area contributed by atoms with Gasteiger partial charge in [-0.2, -0.15) is 10.2 Å². The highest BCUT2D eigenvalue weighted by Gasteiger charge is 2.39. The summed E-state index contributed by atoms with van der Waals surface area (Å²) < 4.78 is 1.09. The topological polar surface area (TPSA) is 73.2 Å². The van der Waals surface area contributed by atoms with E-state index in [4.69, 9.17) is 11.4 Å². The van der Waals surface area contributed by atoms with E-state index in [2.05, 4.69) is 38.3 Å². The zero-order valence-electron chi connectivity index (χ0n) is 16.0. The zero-order valence-corrected chi connectivity index (χ0v) is 16.8. The second-order valence-electron chi connectivity index (χ2n) is 7.40. The summed E-state index contributed by atoms with van der Waals surface area (Å²) in [5.41, 5.74) is 1.36. The Bertz CT molecular complexity index is 932. The minimum atomic E-state index is -0.414. The lowest BCUT2D eigenvalue weighted by molar-refractivity contribution is -0.116. The number of piperazine rings is 1.